The van der Waals surface area contributed by atoms with Crippen LogP contribution in [-0.2, 0) is 0 Å². The molecule has 1 amide bonds. The van der Waals surface area contributed by atoms with Gasteiger partial charge in [0.15, 0.2) is 0 Å². The van der Waals surface area contributed by atoms with E-state index in [4.69, 9.17) is 16.7 Å². The summed E-state index contributed by atoms with van der Waals surface area (Å²) in [5.41, 5.74) is 0.147. The van der Waals surface area contributed by atoms with Gasteiger partial charge in [0.05, 0.1) is 5.02 Å². The molecule has 0 radical (unpaired) electrons. The third-order valence-corrected chi connectivity index (χ3v) is 2.66. The van der Waals surface area contributed by atoms with Crippen LogP contribution in [0.25, 0.3) is 0 Å². The lowest BCUT2D eigenvalue weighted by atomic mass is 10.1. The van der Waals surface area contributed by atoms with E-state index in [1.54, 1.807) is 0 Å². The molecule has 2 atom stereocenters. The van der Waals surface area contributed by atoms with Gasteiger partial charge in [-0.15, -0.1) is 0 Å². The number of hydrogen-bond acceptors (Lipinski definition) is 4. The molecule has 0 spiro atoms. The molecule has 1 rings (SSSR count). The predicted octanol–water partition coefficient (Wildman–Crippen LogP) is 0.877. The van der Waals surface area contributed by atoms with Crippen molar-refractivity contribution >= 4 is 17.5 Å². The fraction of sp³-hybridized carbons (Fsp3) is 0.500. The number of hydrogen-bond donors (Lipinski definition) is 2. The molecule has 2 N–H and O–H groups in total. The molecule has 88 valence electrons. The molecule has 0 fully saturated rings. The molecule has 16 heavy (non-hydrogen) atoms. The lowest BCUT2D eigenvalue weighted by Crippen LogP contribution is -2.38. The van der Waals surface area contributed by atoms with Crippen molar-refractivity contribution in [3.8, 4) is 0 Å². The molecule has 0 aliphatic carbocycles. The molecule has 1 aromatic rings. The Morgan fingerprint density at radius 1 is 1.62 bits per heavy atom. The Bertz CT molecular complexity index is 373. The van der Waals surface area contributed by atoms with Crippen LogP contribution in [0.15, 0.2) is 12.5 Å². The minimum atomic E-state index is -0.361. The Kier molecular flexibility index (Phi) is 4.64. The van der Waals surface area contributed by atoms with Crippen molar-refractivity contribution in [2.24, 2.45) is 5.92 Å². The first kappa shape index (κ1) is 12.9. The maximum absolute atomic E-state index is 11.7. The molecule has 1 aromatic heterocycles. The zero-order chi connectivity index (χ0) is 12.1. The fourth-order valence-electron chi connectivity index (χ4n) is 1.06. The molecule has 0 saturated carbocycles. The molecule has 5 nitrogen and oxygen atoms in total. The van der Waals surface area contributed by atoms with E-state index in [1.807, 2.05) is 13.8 Å². The SMILES string of the molecule is CC(CO)C(C)NC(=O)c1ncncc1Cl. The summed E-state index contributed by atoms with van der Waals surface area (Å²) < 4.78 is 0. The first-order valence-corrected chi connectivity index (χ1v) is 5.31. The van der Waals surface area contributed by atoms with Crippen LogP contribution >= 0.6 is 11.6 Å². The van der Waals surface area contributed by atoms with Crippen molar-refractivity contribution < 1.29 is 9.90 Å². The third kappa shape index (κ3) is 3.15. The van der Waals surface area contributed by atoms with Crippen molar-refractivity contribution in [2.45, 2.75) is 19.9 Å². The quantitative estimate of drug-likeness (QED) is 0.823. The molecule has 0 saturated heterocycles. The second-order valence-electron chi connectivity index (χ2n) is 3.64. The minimum absolute atomic E-state index is 0.0128. The number of carbonyl (C=O) groups is 1. The number of rotatable bonds is 4. The van der Waals surface area contributed by atoms with Crippen LogP contribution in [-0.4, -0.2) is 33.6 Å². The highest BCUT2D eigenvalue weighted by Crippen LogP contribution is 2.11. The zero-order valence-electron chi connectivity index (χ0n) is 9.14. The number of halogens is 1. The molecule has 0 aliphatic heterocycles. The summed E-state index contributed by atoms with van der Waals surface area (Å²) in [5, 5.41) is 11.9. The first-order chi connectivity index (χ1) is 7.56. The Morgan fingerprint density at radius 2 is 2.31 bits per heavy atom. The van der Waals surface area contributed by atoms with Crippen LogP contribution in [0.3, 0.4) is 0 Å². The van der Waals surface area contributed by atoms with Crippen LogP contribution in [0.4, 0.5) is 0 Å². The van der Waals surface area contributed by atoms with Gasteiger partial charge in [-0.1, -0.05) is 18.5 Å². The molecule has 0 bridgehead atoms. The summed E-state index contributed by atoms with van der Waals surface area (Å²) in [4.78, 5) is 19.2. The Morgan fingerprint density at radius 3 is 2.88 bits per heavy atom. The molecule has 1 heterocycles. The van der Waals surface area contributed by atoms with Gasteiger partial charge >= 0.3 is 0 Å². The molecular formula is C10H14ClN3O2. The van der Waals surface area contributed by atoms with Crippen molar-refractivity contribution in [3.63, 3.8) is 0 Å². The van der Waals surface area contributed by atoms with Gasteiger partial charge in [-0.05, 0) is 12.8 Å². The minimum Gasteiger partial charge on any atom is -0.396 e. The number of nitrogens with zero attached hydrogens (tertiary/aromatic N) is 2. The molecule has 2 unspecified atom stereocenters. The van der Waals surface area contributed by atoms with Crippen molar-refractivity contribution in [2.75, 3.05) is 6.61 Å². The lowest BCUT2D eigenvalue weighted by molar-refractivity contribution is 0.0911. The lowest BCUT2D eigenvalue weighted by Gasteiger charge is -2.18. The van der Waals surface area contributed by atoms with Gasteiger partial charge in [0.25, 0.3) is 5.91 Å². The standard InChI is InChI=1S/C10H14ClN3O2/c1-6(4-15)7(2)14-10(16)9-8(11)3-12-5-13-9/h3,5-7,15H,4H2,1-2H3,(H,14,16). The number of aliphatic hydroxyl groups is 1. The molecule has 6 heteroatoms. The number of carbonyl (C=O) groups excluding carboxylic acids is 1. The smallest absolute Gasteiger partial charge is 0.271 e. The summed E-state index contributed by atoms with van der Waals surface area (Å²) in [7, 11) is 0. The Hall–Kier alpha value is -1.20. The van der Waals surface area contributed by atoms with Crippen LogP contribution in [0.5, 0.6) is 0 Å². The van der Waals surface area contributed by atoms with Gasteiger partial charge in [0.2, 0.25) is 0 Å². The second-order valence-corrected chi connectivity index (χ2v) is 4.05. The summed E-state index contributed by atoms with van der Waals surface area (Å²) in [6, 6.07) is -0.150. The average molecular weight is 244 g/mol. The van der Waals surface area contributed by atoms with E-state index in [2.05, 4.69) is 15.3 Å². The number of aromatic nitrogens is 2. The van der Waals surface area contributed by atoms with Crippen LogP contribution in [0.2, 0.25) is 5.02 Å². The van der Waals surface area contributed by atoms with Gasteiger partial charge in [0, 0.05) is 18.8 Å². The van der Waals surface area contributed by atoms with Crippen LogP contribution in [0.1, 0.15) is 24.3 Å². The average Bonchev–Trinajstić information content (AvgIpc) is 2.28. The van der Waals surface area contributed by atoms with E-state index < -0.39 is 0 Å². The monoisotopic (exact) mass is 243 g/mol. The van der Waals surface area contributed by atoms with Crippen molar-refractivity contribution in [3.05, 3.63) is 23.2 Å². The van der Waals surface area contributed by atoms with Gasteiger partial charge in [0.1, 0.15) is 12.0 Å². The van der Waals surface area contributed by atoms with E-state index in [1.165, 1.54) is 12.5 Å². The van der Waals surface area contributed by atoms with Gasteiger partial charge in [-0.25, -0.2) is 9.97 Å². The number of nitrogens with one attached hydrogen (secondary N) is 1. The topological polar surface area (TPSA) is 75.1 Å². The summed E-state index contributed by atoms with van der Waals surface area (Å²) in [6.45, 7) is 3.67. The van der Waals surface area contributed by atoms with Crippen LogP contribution in [0, 0.1) is 5.92 Å². The van der Waals surface area contributed by atoms with E-state index in [9.17, 15) is 4.79 Å². The number of amides is 1. The third-order valence-electron chi connectivity index (χ3n) is 2.38. The van der Waals surface area contributed by atoms with E-state index in [-0.39, 0.29) is 35.2 Å². The van der Waals surface area contributed by atoms with E-state index >= 15 is 0 Å². The Labute approximate surface area is 98.9 Å². The van der Waals surface area contributed by atoms with Gasteiger partial charge in [-0.2, -0.15) is 0 Å². The van der Waals surface area contributed by atoms with Gasteiger partial charge < -0.3 is 10.4 Å². The fourth-order valence-corrected chi connectivity index (χ4v) is 1.25. The normalized spacial score (nSPS) is 14.2. The van der Waals surface area contributed by atoms with E-state index in [0.717, 1.165) is 0 Å². The zero-order valence-corrected chi connectivity index (χ0v) is 9.90. The Balaban J connectivity index is 2.70. The number of aliphatic hydroxyl groups excluding tert-OH is 1. The van der Waals surface area contributed by atoms with Crippen LogP contribution < -0.4 is 5.32 Å². The summed E-state index contributed by atoms with van der Waals surface area (Å²) >= 11 is 5.78. The molecule has 0 aliphatic rings. The maximum atomic E-state index is 11.7. The summed E-state index contributed by atoms with van der Waals surface area (Å²) in [6.07, 6.45) is 2.63. The highest BCUT2D eigenvalue weighted by molar-refractivity contribution is 6.33. The van der Waals surface area contributed by atoms with Crippen molar-refractivity contribution in [1.82, 2.24) is 15.3 Å². The molecular weight excluding hydrogens is 230 g/mol. The first-order valence-electron chi connectivity index (χ1n) is 4.93. The largest absolute Gasteiger partial charge is 0.396 e. The maximum Gasteiger partial charge on any atom is 0.271 e. The van der Waals surface area contributed by atoms with E-state index in [0.29, 0.717) is 0 Å². The van der Waals surface area contributed by atoms with Gasteiger partial charge in [-0.3, -0.25) is 4.79 Å². The second kappa shape index (κ2) is 5.77. The van der Waals surface area contributed by atoms with Crippen molar-refractivity contribution in [1.29, 1.82) is 0 Å². The highest BCUT2D eigenvalue weighted by Gasteiger charge is 2.17. The molecule has 0 aromatic carbocycles. The highest BCUT2D eigenvalue weighted by atomic mass is 35.5. The predicted molar refractivity (Wildman–Crippen MR) is 60.2 cm³/mol. The summed E-state index contributed by atoms with van der Waals surface area (Å²) in [5.74, 6) is -0.384.